The summed E-state index contributed by atoms with van der Waals surface area (Å²) in [5.41, 5.74) is -0.318. The predicted octanol–water partition coefficient (Wildman–Crippen LogP) is 2.76. The quantitative estimate of drug-likeness (QED) is 0.653. The molecule has 0 heterocycles. The fourth-order valence-electron chi connectivity index (χ4n) is 1.79. The molecule has 0 atom stereocenters. The number of nitrogens with zero attached hydrogens (tertiary/aromatic N) is 1. The number of rotatable bonds is 6. The third-order valence-electron chi connectivity index (χ3n) is 2.87. The molecule has 0 aromatic heterocycles. The standard InChI is InChI=1S/C15H13FN2O5/c1-22-10-6-7-12(13(8-10)18(20)21)17-15(19)9-23-14-5-3-2-4-11(14)16/h2-8H,9H2,1H3,(H,17,19). The summed E-state index contributed by atoms with van der Waals surface area (Å²) in [4.78, 5) is 22.2. The Bertz CT molecular complexity index is 736. The van der Waals surface area contributed by atoms with E-state index in [-0.39, 0.29) is 22.9 Å². The van der Waals surface area contributed by atoms with Crippen LogP contribution in [0.3, 0.4) is 0 Å². The van der Waals surface area contributed by atoms with E-state index in [0.29, 0.717) is 0 Å². The zero-order valence-electron chi connectivity index (χ0n) is 12.1. The summed E-state index contributed by atoms with van der Waals surface area (Å²) in [5, 5.41) is 13.4. The third kappa shape index (κ3) is 4.16. The van der Waals surface area contributed by atoms with E-state index in [4.69, 9.17) is 9.47 Å². The van der Waals surface area contributed by atoms with E-state index in [0.717, 1.165) is 0 Å². The molecule has 0 aliphatic carbocycles. The summed E-state index contributed by atoms with van der Waals surface area (Å²) in [6.07, 6.45) is 0. The monoisotopic (exact) mass is 320 g/mol. The number of halogens is 1. The van der Waals surface area contributed by atoms with Gasteiger partial charge in [0.05, 0.1) is 18.1 Å². The van der Waals surface area contributed by atoms with Crippen LogP contribution in [0, 0.1) is 15.9 Å². The molecule has 120 valence electrons. The SMILES string of the molecule is COc1ccc(NC(=O)COc2ccccc2F)c([N+](=O)[O-])c1. The summed E-state index contributed by atoms with van der Waals surface area (Å²) in [6, 6.07) is 9.62. The van der Waals surface area contributed by atoms with Crippen LogP contribution in [0.5, 0.6) is 11.5 Å². The Morgan fingerprint density at radius 1 is 1.30 bits per heavy atom. The van der Waals surface area contributed by atoms with E-state index >= 15 is 0 Å². The number of hydrogen-bond acceptors (Lipinski definition) is 5. The van der Waals surface area contributed by atoms with E-state index in [1.54, 1.807) is 6.07 Å². The molecule has 0 aliphatic rings. The van der Waals surface area contributed by atoms with Gasteiger partial charge in [0.1, 0.15) is 11.4 Å². The van der Waals surface area contributed by atoms with Gasteiger partial charge >= 0.3 is 0 Å². The number of methoxy groups -OCH3 is 1. The molecule has 2 aromatic carbocycles. The van der Waals surface area contributed by atoms with Gasteiger partial charge in [0.15, 0.2) is 18.2 Å². The maximum atomic E-state index is 13.4. The number of ether oxygens (including phenoxy) is 2. The molecule has 0 spiro atoms. The minimum Gasteiger partial charge on any atom is -0.496 e. The van der Waals surface area contributed by atoms with Crippen molar-refractivity contribution in [2.75, 3.05) is 19.0 Å². The molecule has 0 fully saturated rings. The third-order valence-corrected chi connectivity index (χ3v) is 2.87. The fourth-order valence-corrected chi connectivity index (χ4v) is 1.79. The lowest BCUT2D eigenvalue weighted by atomic mass is 10.2. The zero-order chi connectivity index (χ0) is 16.8. The van der Waals surface area contributed by atoms with Gasteiger partial charge in [0.25, 0.3) is 11.6 Å². The largest absolute Gasteiger partial charge is 0.496 e. The number of nitro benzene ring substituents is 1. The Morgan fingerprint density at radius 2 is 2.04 bits per heavy atom. The van der Waals surface area contributed by atoms with Gasteiger partial charge in [-0.25, -0.2) is 4.39 Å². The molecule has 0 radical (unpaired) electrons. The summed E-state index contributed by atoms with van der Waals surface area (Å²) in [6.45, 7) is -0.482. The number of carbonyl (C=O) groups is 1. The molecule has 0 aliphatic heterocycles. The highest BCUT2D eigenvalue weighted by atomic mass is 19.1. The molecule has 2 rings (SSSR count). The van der Waals surface area contributed by atoms with E-state index in [1.165, 1.54) is 43.5 Å². The second-order valence-corrected chi connectivity index (χ2v) is 4.41. The van der Waals surface area contributed by atoms with Crippen molar-refractivity contribution in [1.82, 2.24) is 0 Å². The number of hydrogen-bond donors (Lipinski definition) is 1. The van der Waals surface area contributed by atoms with Crippen molar-refractivity contribution < 1.29 is 23.6 Å². The first kappa shape index (κ1) is 16.2. The van der Waals surface area contributed by atoms with Crippen molar-refractivity contribution in [2.45, 2.75) is 0 Å². The number of nitro groups is 1. The average molecular weight is 320 g/mol. The van der Waals surface area contributed by atoms with Gasteiger partial charge in [0.2, 0.25) is 0 Å². The summed E-state index contributed by atoms with van der Waals surface area (Å²) in [5.74, 6) is -1.04. The minimum absolute atomic E-state index is 0.00191. The number of nitrogens with one attached hydrogen (secondary N) is 1. The van der Waals surface area contributed by atoms with Crippen LogP contribution < -0.4 is 14.8 Å². The van der Waals surface area contributed by atoms with Crippen molar-refractivity contribution in [1.29, 1.82) is 0 Å². The molecular weight excluding hydrogens is 307 g/mol. The lowest BCUT2D eigenvalue weighted by molar-refractivity contribution is -0.384. The molecule has 0 unspecified atom stereocenters. The number of anilines is 1. The van der Waals surface area contributed by atoms with Crippen LogP contribution >= 0.6 is 0 Å². The molecule has 1 N–H and O–H groups in total. The molecule has 8 heteroatoms. The van der Waals surface area contributed by atoms with Crippen LogP contribution in [-0.4, -0.2) is 24.5 Å². The van der Waals surface area contributed by atoms with Gasteiger partial charge in [0, 0.05) is 0 Å². The van der Waals surface area contributed by atoms with E-state index < -0.39 is 23.3 Å². The van der Waals surface area contributed by atoms with Crippen molar-refractivity contribution in [3.05, 3.63) is 58.4 Å². The smallest absolute Gasteiger partial charge is 0.296 e. The molecule has 0 bridgehead atoms. The highest BCUT2D eigenvalue weighted by Gasteiger charge is 2.17. The summed E-state index contributed by atoms with van der Waals surface area (Å²) >= 11 is 0. The van der Waals surface area contributed by atoms with Gasteiger partial charge in [-0.15, -0.1) is 0 Å². The first-order valence-electron chi connectivity index (χ1n) is 6.51. The van der Waals surface area contributed by atoms with E-state index in [1.807, 2.05) is 0 Å². The maximum absolute atomic E-state index is 13.4. The fraction of sp³-hybridized carbons (Fsp3) is 0.133. The van der Waals surface area contributed by atoms with Crippen molar-refractivity contribution >= 4 is 17.3 Å². The van der Waals surface area contributed by atoms with Crippen LogP contribution in [0.4, 0.5) is 15.8 Å². The number of benzene rings is 2. The van der Waals surface area contributed by atoms with Crippen LogP contribution in [0.25, 0.3) is 0 Å². The predicted molar refractivity (Wildman–Crippen MR) is 80.2 cm³/mol. The Morgan fingerprint density at radius 3 is 2.70 bits per heavy atom. The Hall–Kier alpha value is -3.16. The second-order valence-electron chi connectivity index (χ2n) is 4.41. The average Bonchev–Trinajstić information content (AvgIpc) is 2.54. The summed E-state index contributed by atoms with van der Waals surface area (Å²) in [7, 11) is 1.37. The first-order chi connectivity index (χ1) is 11.0. The Kier molecular flexibility index (Phi) is 5.08. The molecular formula is C15H13FN2O5. The minimum atomic E-state index is -0.651. The van der Waals surface area contributed by atoms with Crippen molar-refractivity contribution in [3.8, 4) is 11.5 Å². The van der Waals surface area contributed by atoms with Crippen molar-refractivity contribution in [2.24, 2.45) is 0 Å². The van der Waals surface area contributed by atoms with Crippen LogP contribution in [0.1, 0.15) is 0 Å². The number of carbonyl (C=O) groups excluding carboxylic acids is 1. The molecule has 0 saturated carbocycles. The van der Waals surface area contributed by atoms with Crippen LogP contribution in [-0.2, 0) is 4.79 Å². The van der Waals surface area contributed by atoms with Crippen LogP contribution in [0.2, 0.25) is 0 Å². The van der Waals surface area contributed by atoms with Gasteiger partial charge in [-0.3, -0.25) is 14.9 Å². The van der Waals surface area contributed by atoms with E-state index in [9.17, 15) is 19.3 Å². The summed E-state index contributed by atoms with van der Waals surface area (Å²) < 4.78 is 23.3. The zero-order valence-corrected chi connectivity index (χ0v) is 12.1. The van der Waals surface area contributed by atoms with Crippen molar-refractivity contribution in [3.63, 3.8) is 0 Å². The number of para-hydroxylation sites is 1. The Labute approximate surface area is 130 Å². The first-order valence-corrected chi connectivity index (χ1v) is 6.51. The molecule has 7 nitrogen and oxygen atoms in total. The van der Waals surface area contributed by atoms with Crippen LogP contribution in [0.15, 0.2) is 42.5 Å². The molecule has 0 saturated heterocycles. The Balaban J connectivity index is 2.05. The number of amides is 1. The molecule has 1 amide bonds. The van der Waals surface area contributed by atoms with Gasteiger partial charge in [-0.05, 0) is 24.3 Å². The molecule has 2 aromatic rings. The highest BCUT2D eigenvalue weighted by molar-refractivity contribution is 5.94. The second kappa shape index (κ2) is 7.21. The lowest BCUT2D eigenvalue weighted by Gasteiger charge is -2.09. The van der Waals surface area contributed by atoms with E-state index in [2.05, 4.69) is 5.32 Å². The topological polar surface area (TPSA) is 90.7 Å². The maximum Gasteiger partial charge on any atom is 0.296 e. The lowest BCUT2D eigenvalue weighted by Crippen LogP contribution is -2.21. The normalized spacial score (nSPS) is 10.0. The van der Waals surface area contributed by atoms with Gasteiger partial charge in [-0.1, -0.05) is 12.1 Å². The molecule has 23 heavy (non-hydrogen) atoms. The van der Waals surface area contributed by atoms with Gasteiger partial charge < -0.3 is 14.8 Å². The van der Waals surface area contributed by atoms with Gasteiger partial charge in [-0.2, -0.15) is 0 Å². The highest BCUT2D eigenvalue weighted by Crippen LogP contribution is 2.28.